The van der Waals surface area contributed by atoms with E-state index >= 15 is 0 Å². The minimum absolute atomic E-state index is 0.522. The number of aryl methyl sites for hydroxylation is 2. The molecular weight excluding hydrogens is 282 g/mol. The Morgan fingerprint density at radius 2 is 1.87 bits per heavy atom. The number of benzene rings is 1. The molecule has 1 atom stereocenters. The van der Waals surface area contributed by atoms with Gasteiger partial charge in [0, 0.05) is 30.9 Å². The van der Waals surface area contributed by atoms with Crippen molar-refractivity contribution in [1.82, 2.24) is 14.7 Å². The Morgan fingerprint density at radius 1 is 1.17 bits per heavy atom. The zero-order valence-corrected chi connectivity index (χ0v) is 15.1. The highest BCUT2D eigenvalue weighted by molar-refractivity contribution is 5.30. The van der Waals surface area contributed by atoms with Gasteiger partial charge in [0.05, 0.1) is 5.69 Å². The first kappa shape index (κ1) is 16.3. The molecule has 0 saturated carbocycles. The van der Waals surface area contributed by atoms with Crippen LogP contribution in [0.4, 0.5) is 0 Å². The van der Waals surface area contributed by atoms with E-state index in [9.17, 15) is 0 Å². The zero-order valence-electron chi connectivity index (χ0n) is 15.1. The molecule has 0 amide bonds. The maximum atomic E-state index is 4.62. The van der Waals surface area contributed by atoms with E-state index in [1.165, 1.54) is 47.5 Å². The largest absolute Gasteiger partial charge is 0.292 e. The van der Waals surface area contributed by atoms with Crippen LogP contribution in [0.2, 0.25) is 0 Å². The molecule has 3 rings (SSSR count). The van der Waals surface area contributed by atoms with Crippen LogP contribution in [0.25, 0.3) is 0 Å². The number of rotatable bonds is 4. The summed E-state index contributed by atoms with van der Waals surface area (Å²) in [5.41, 5.74) is 6.79. The van der Waals surface area contributed by atoms with Gasteiger partial charge in [0.2, 0.25) is 0 Å². The second-order valence-electron chi connectivity index (χ2n) is 7.23. The Kier molecular flexibility index (Phi) is 4.58. The quantitative estimate of drug-likeness (QED) is 0.829. The van der Waals surface area contributed by atoms with Gasteiger partial charge in [-0.25, -0.2) is 0 Å². The van der Waals surface area contributed by atoms with E-state index in [0.717, 1.165) is 6.54 Å². The molecule has 1 aromatic carbocycles. The van der Waals surface area contributed by atoms with E-state index in [2.05, 4.69) is 69.0 Å². The summed E-state index contributed by atoms with van der Waals surface area (Å²) in [7, 11) is 2.05. The number of hydrogen-bond acceptors (Lipinski definition) is 2. The van der Waals surface area contributed by atoms with E-state index in [1.807, 2.05) is 4.68 Å². The van der Waals surface area contributed by atoms with Crippen molar-refractivity contribution in [3.63, 3.8) is 0 Å². The number of hydrogen-bond donors (Lipinski definition) is 0. The molecule has 1 aromatic heterocycles. The molecule has 3 heteroatoms. The zero-order chi connectivity index (χ0) is 16.6. The van der Waals surface area contributed by atoms with E-state index in [4.69, 9.17) is 0 Å². The van der Waals surface area contributed by atoms with E-state index in [1.54, 1.807) is 0 Å². The van der Waals surface area contributed by atoms with Gasteiger partial charge in [0.1, 0.15) is 0 Å². The van der Waals surface area contributed by atoms with Crippen LogP contribution in [0, 0.1) is 13.8 Å². The van der Waals surface area contributed by atoms with Gasteiger partial charge in [0.25, 0.3) is 0 Å². The van der Waals surface area contributed by atoms with Gasteiger partial charge in [-0.15, -0.1) is 0 Å². The van der Waals surface area contributed by atoms with Crippen LogP contribution < -0.4 is 0 Å². The number of likely N-dealkylation sites (tertiary alicyclic amines) is 1. The van der Waals surface area contributed by atoms with Crippen LogP contribution >= 0.6 is 0 Å². The highest BCUT2D eigenvalue weighted by Crippen LogP contribution is 2.36. The molecular formula is C20H29N3. The molecule has 0 radical (unpaired) electrons. The van der Waals surface area contributed by atoms with Crippen LogP contribution in [0.5, 0.6) is 0 Å². The van der Waals surface area contributed by atoms with Crippen molar-refractivity contribution in [3.8, 4) is 0 Å². The smallest absolute Gasteiger partial charge is 0.0644 e. The molecule has 2 aromatic rings. The fourth-order valence-corrected chi connectivity index (χ4v) is 3.86. The van der Waals surface area contributed by atoms with Gasteiger partial charge >= 0.3 is 0 Å². The van der Waals surface area contributed by atoms with Gasteiger partial charge in [0.15, 0.2) is 0 Å². The molecule has 0 bridgehead atoms. The first-order valence-corrected chi connectivity index (χ1v) is 8.80. The molecule has 1 unspecified atom stereocenters. The molecule has 1 aliphatic rings. The first-order chi connectivity index (χ1) is 11.0. The topological polar surface area (TPSA) is 21.1 Å². The van der Waals surface area contributed by atoms with Crippen molar-refractivity contribution in [1.29, 1.82) is 0 Å². The normalized spacial score (nSPS) is 19.0. The molecule has 23 heavy (non-hydrogen) atoms. The van der Waals surface area contributed by atoms with Gasteiger partial charge in [-0.05, 0) is 50.3 Å². The Labute approximate surface area is 140 Å². The highest BCUT2D eigenvalue weighted by Gasteiger charge is 2.30. The highest BCUT2D eigenvalue weighted by atomic mass is 15.3. The molecule has 1 aliphatic heterocycles. The van der Waals surface area contributed by atoms with E-state index in [0.29, 0.717) is 12.0 Å². The van der Waals surface area contributed by atoms with Crippen LogP contribution in [0.1, 0.15) is 66.7 Å². The summed E-state index contributed by atoms with van der Waals surface area (Å²) < 4.78 is 2.03. The van der Waals surface area contributed by atoms with Gasteiger partial charge in [-0.2, -0.15) is 5.10 Å². The number of aromatic nitrogens is 2. The minimum atomic E-state index is 0.522. The van der Waals surface area contributed by atoms with Crippen molar-refractivity contribution in [2.75, 3.05) is 6.54 Å². The minimum Gasteiger partial charge on any atom is -0.292 e. The Bertz CT molecular complexity index is 667. The van der Waals surface area contributed by atoms with Crippen LogP contribution in [-0.4, -0.2) is 21.2 Å². The molecule has 1 fully saturated rings. The van der Waals surface area contributed by atoms with Crippen LogP contribution in [0.3, 0.4) is 0 Å². The van der Waals surface area contributed by atoms with Gasteiger partial charge in [-0.1, -0.05) is 38.1 Å². The summed E-state index contributed by atoms with van der Waals surface area (Å²) in [4.78, 5) is 2.63. The molecule has 0 N–H and O–H groups in total. The second kappa shape index (κ2) is 6.48. The van der Waals surface area contributed by atoms with E-state index in [-0.39, 0.29) is 0 Å². The molecule has 3 nitrogen and oxygen atoms in total. The Morgan fingerprint density at radius 3 is 2.43 bits per heavy atom. The third kappa shape index (κ3) is 3.20. The molecule has 0 aliphatic carbocycles. The average Bonchev–Trinajstić information content (AvgIpc) is 3.04. The second-order valence-corrected chi connectivity index (χ2v) is 7.23. The molecule has 0 spiro atoms. The third-order valence-corrected chi connectivity index (χ3v) is 5.29. The standard InChI is InChI=1S/C20H29N3/c1-14(2)18-10-8-17(9-11-18)13-23-12-6-7-19(23)20-15(3)21-22(5)16(20)4/h8-11,14,19H,6-7,12-13H2,1-5H3. The first-order valence-electron chi connectivity index (χ1n) is 8.80. The molecule has 124 valence electrons. The monoisotopic (exact) mass is 311 g/mol. The summed E-state index contributed by atoms with van der Waals surface area (Å²) in [6, 6.07) is 9.69. The predicted molar refractivity (Wildman–Crippen MR) is 95.6 cm³/mol. The Balaban J connectivity index is 1.79. The van der Waals surface area contributed by atoms with E-state index < -0.39 is 0 Å². The SMILES string of the molecule is Cc1nn(C)c(C)c1C1CCCN1Cc1ccc(C(C)C)cc1. The van der Waals surface area contributed by atoms with Crippen molar-refractivity contribution >= 4 is 0 Å². The lowest BCUT2D eigenvalue weighted by Gasteiger charge is -2.25. The summed E-state index contributed by atoms with van der Waals surface area (Å²) in [5.74, 6) is 0.601. The summed E-state index contributed by atoms with van der Waals surface area (Å²) in [5, 5.41) is 4.62. The fourth-order valence-electron chi connectivity index (χ4n) is 3.86. The maximum Gasteiger partial charge on any atom is 0.0644 e. The molecule has 1 saturated heterocycles. The van der Waals surface area contributed by atoms with Crippen molar-refractivity contribution < 1.29 is 0 Å². The lowest BCUT2D eigenvalue weighted by atomic mass is 10.0. The lowest BCUT2D eigenvalue weighted by molar-refractivity contribution is 0.247. The fraction of sp³-hybridized carbons (Fsp3) is 0.550. The van der Waals surface area contributed by atoms with Gasteiger partial charge in [-0.3, -0.25) is 9.58 Å². The maximum absolute atomic E-state index is 4.62. The van der Waals surface area contributed by atoms with Crippen molar-refractivity contribution in [2.45, 2.75) is 59.0 Å². The summed E-state index contributed by atoms with van der Waals surface area (Å²) in [6.07, 6.45) is 2.53. The van der Waals surface area contributed by atoms with Crippen LogP contribution in [0.15, 0.2) is 24.3 Å². The summed E-state index contributed by atoms with van der Waals surface area (Å²) >= 11 is 0. The third-order valence-electron chi connectivity index (χ3n) is 5.29. The van der Waals surface area contributed by atoms with Crippen molar-refractivity contribution in [3.05, 3.63) is 52.3 Å². The summed E-state index contributed by atoms with van der Waals surface area (Å²) in [6.45, 7) is 11.1. The Hall–Kier alpha value is -1.61. The van der Waals surface area contributed by atoms with Crippen molar-refractivity contribution in [2.24, 2.45) is 7.05 Å². The van der Waals surface area contributed by atoms with Gasteiger partial charge < -0.3 is 0 Å². The number of nitrogens with zero attached hydrogens (tertiary/aromatic N) is 3. The lowest BCUT2D eigenvalue weighted by Crippen LogP contribution is -2.23. The van der Waals surface area contributed by atoms with Crippen LogP contribution in [-0.2, 0) is 13.6 Å². The average molecular weight is 311 g/mol. The molecule has 2 heterocycles. The predicted octanol–water partition coefficient (Wildman–Crippen LogP) is 4.50.